The summed E-state index contributed by atoms with van der Waals surface area (Å²) in [4.78, 5) is -0.839. The minimum absolute atomic E-state index is 0.133. The van der Waals surface area contributed by atoms with E-state index in [-0.39, 0.29) is 6.04 Å². The minimum Gasteiger partial charge on any atom is -0.182 e. The predicted molar refractivity (Wildman–Crippen MR) is 38.7 cm³/mol. The van der Waals surface area contributed by atoms with Crippen LogP contribution in [0.4, 0.5) is 0 Å². The van der Waals surface area contributed by atoms with Crippen LogP contribution in [0.15, 0.2) is 0 Å². The molecule has 0 aromatic heterocycles. The van der Waals surface area contributed by atoms with Crippen LogP contribution in [0.2, 0.25) is 0 Å². The van der Waals surface area contributed by atoms with E-state index in [1.54, 1.807) is 13.8 Å². The number of hydrogen-bond acceptors (Lipinski definition) is 2. The number of unbranched alkanes of at least 4 members (excludes halogenated alkanes) is 1. The van der Waals surface area contributed by atoms with Crippen molar-refractivity contribution in [3.8, 4) is 0 Å². The molecule has 0 saturated carbocycles. The number of nitrogens with zero attached hydrogens (tertiary/aromatic N) is 1. The molecule has 2 N–H and O–H groups in total. The number of hydrogen-bond donors (Lipinski definition) is 2. The van der Waals surface area contributed by atoms with Crippen molar-refractivity contribution < 1.29 is 15.2 Å². The molecule has 0 aliphatic rings. The van der Waals surface area contributed by atoms with Crippen LogP contribution >= 0.6 is 0 Å². The summed E-state index contributed by atoms with van der Waals surface area (Å²) < 4.78 is 0. The van der Waals surface area contributed by atoms with Gasteiger partial charge in [-0.1, -0.05) is 13.3 Å². The zero-order valence-corrected chi connectivity index (χ0v) is 7.04. The van der Waals surface area contributed by atoms with E-state index in [9.17, 15) is 10.4 Å². The van der Waals surface area contributed by atoms with Gasteiger partial charge < -0.3 is 0 Å². The first-order valence-electron chi connectivity index (χ1n) is 3.84. The van der Waals surface area contributed by atoms with Gasteiger partial charge in [0.25, 0.3) is 0 Å². The average molecular weight is 148 g/mol. The summed E-state index contributed by atoms with van der Waals surface area (Å²) in [5.74, 6) is 0. The van der Waals surface area contributed by atoms with Gasteiger partial charge >= 0.3 is 0 Å². The zero-order valence-electron chi connectivity index (χ0n) is 7.04. The van der Waals surface area contributed by atoms with Crippen molar-refractivity contribution in [2.75, 3.05) is 6.54 Å². The van der Waals surface area contributed by atoms with E-state index < -0.39 is 4.81 Å². The van der Waals surface area contributed by atoms with Gasteiger partial charge in [0.1, 0.15) is 12.6 Å². The molecule has 3 nitrogen and oxygen atoms in total. The highest BCUT2D eigenvalue weighted by molar-refractivity contribution is 4.34. The molecule has 0 spiro atoms. The first-order valence-corrected chi connectivity index (χ1v) is 3.84. The molecule has 62 valence electrons. The minimum atomic E-state index is -0.839. The van der Waals surface area contributed by atoms with Gasteiger partial charge in [-0.25, -0.2) is 0 Å². The molecule has 0 aliphatic carbocycles. The maximum absolute atomic E-state index is 9.22. The lowest BCUT2D eigenvalue weighted by Crippen LogP contribution is -2.47. The molecule has 0 saturated heterocycles. The van der Waals surface area contributed by atoms with Gasteiger partial charge in [-0.15, -0.1) is 0 Å². The number of rotatable bonds is 4. The van der Waals surface area contributed by atoms with Crippen molar-refractivity contribution in [1.29, 1.82) is 0 Å². The normalized spacial score (nSPS) is 12.6. The molecule has 0 rings (SSSR count). The van der Waals surface area contributed by atoms with Gasteiger partial charge in [0.15, 0.2) is 0 Å². The van der Waals surface area contributed by atoms with Crippen LogP contribution in [-0.2, 0) is 0 Å². The van der Waals surface area contributed by atoms with E-state index in [1.165, 1.54) is 0 Å². The van der Waals surface area contributed by atoms with Crippen LogP contribution in [0.25, 0.3) is 0 Å². The fraction of sp³-hybridized carbons (Fsp3) is 1.00. The van der Waals surface area contributed by atoms with Crippen molar-refractivity contribution in [3.63, 3.8) is 0 Å². The molecule has 0 heterocycles. The Kier molecular flexibility index (Phi) is 3.86. The number of hydroxylamine groups is 4. The monoisotopic (exact) mass is 148 g/mol. The molecule has 0 bridgehead atoms. The Bertz CT molecular complexity index is 91.6. The third-order valence-electron chi connectivity index (χ3n) is 1.67. The Hall–Kier alpha value is -0.120. The summed E-state index contributed by atoms with van der Waals surface area (Å²) in [6.45, 7) is 6.03. The van der Waals surface area contributed by atoms with Gasteiger partial charge in [0.2, 0.25) is 0 Å². The van der Waals surface area contributed by atoms with Crippen molar-refractivity contribution in [3.05, 3.63) is 0 Å². The van der Waals surface area contributed by atoms with E-state index in [2.05, 4.69) is 0 Å². The van der Waals surface area contributed by atoms with Crippen molar-refractivity contribution in [2.45, 2.75) is 39.7 Å². The summed E-state index contributed by atoms with van der Waals surface area (Å²) in [7, 11) is 0. The van der Waals surface area contributed by atoms with Gasteiger partial charge in [-0.2, -0.15) is 10.4 Å². The summed E-state index contributed by atoms with van der Waals surface area (Å²) in [6.07, 6.45) is 1.85. The van der Waals surface area contributed by atoms with E-state index >= 15 is 0 Å². The van der Waals surface area contributed by atoms with E-state index in [1.807, 2.05) is 6.92 Å². The lowest BCUT2D eigenvalue weighted by Gasteiger charge is -2.24. The van der Waals surface area contributed by atoms with Gasteiger partial charge in [0.05, 0.1) is 0 Å². The molecule has 0 unspecified atom stereocenters. The van der Waals surface area contributed by atoms with Gasteiger partial charge in [-0.05, 0) is 18.7 Å². The Labute approximate surface area is 62.4 Å². The third-order valence-corrected chi connectivity index (χ3v) is 1.67. The summed E-state index contributed by atoms with van der Waals surface area (Å²) in [6, 6.07) is -0.133. The second kappa shape index (κ2) is 3.91. The zero-order chi connectivity index (χ0) is 8.20. The highest BCUT2D eigenvalue weighted by atomic mass is 16.8. The average Bonchev–Trinajstić information content (AvgIpc) is 1.84. The Morgan fingerprint density at radius 2 is 1.80 bits per heavy atom. The van der Waals surface area contributed by atoms with Crippen molar-refractivity contribution in [2.24, 2.45) is 0 Å². The fourth-order valence-electron chi connectivity index (χ4n) is 0.649. The molecule has 0 atom stereocenters. The van der Waals surface area contributed by atoms with Gasteiger partial charge in [0, 0.05) is 6.42 Å². The van der Waals surface area contributed by atoms with Crippen LogP contribution < -0.4 is 0 Å². The lowest BCUT2D eigenvalue weighted by molar-refractivity contribution is -1.26. The highest BCUT2D eigenvalue weighted by Crippen LogP contribution is 2.06. The van der Waals surface area contributed by atoms with E-state index in [4.69, 9.17) is 0 Å². The molecular weight excluding hydrogens is 130 g/mol. The van der Waals surface area contributed by atoms with E-state index in [0.717, 1.165) is 12.8 Å². The van der Waals surface area contributed by atoms with Crippen LogP contribution in [0.5, 0.6) is 0 Å². The van der Waals surface area contributed by atoms with E-state index in [0.29, 0.717) is 6.54 Å². The summed E-state index contributed by atoms with van der Waals surface area (Å²) in [5.41, 5.74) is 0. The molecule has 0 aromatic carbocycles. The van der Waals surface area contributed by atoms with Crippen LogP contribution in [0.3, 0.4) is 0 Å². The highest BCUT2D eigenvalue weighted by Gasteiger charge is 2.26. The second-order valence-corrected chi connectivity index (χ2v) is 2.96. The Morgan fingerprint density at radius 1 is 1.30 bits per heavy atom. The molecule has 0 fully saturated rings. The fourth-order valence-corrected chi connectivity index (χ4v) is 0.649. The quantitative estimate of drug-likeness (QED) is 0.471. The first kappa shape index (κ1) is 9.88. The smallest absolute Gasteiger partial charge is 0.146 e. The Balaban J connectivity index is 3.63. The standard InChI is InChI=1S/C7H18NO2/c1-4-5-6-8(9,10)7(2)3/h7,9-10H,4-6H2,1-3H3/q+1. The van der Waals surface area contributed by atoms with Gasteiger partial charge in [-0.3, -0.25) is 0 Å². The molecule has 0 radical (unpaired) electrons. The second-order valence-electron chi connectivity index (χ2n) is 2.96. The predicted octanol–water partition coefficient (Wildman–Crippen LogP) is 1.79. The molecule has 0 amide bonds. The van der Waals surface area contributed by atoms with Crippen LogP contribution in [0, 0.1) is 0 Å². The SMILES string of the molecule is CCCC[N+](O)(O)C(C)C. The third kappa shape index (κ3) is 3.15. The topological polar surface area (TPSA) is 40.5 Å². The van der Waals surface area contributed by atoms with Crippen LogP contribution in [0.1, 0.15) is 33.6 Å². The molecule has 3 heteroatoms. The number of quaternary nitrogens is 1. The van der Waals surface area contributed by atoms with Crippen LogP contribution in [-0.4, -0.2) is 27.8 Å². The molecule has 0 aliphatic heterocycles. The van der Waals surface area contributed by atoms with Crippen molar-refractivity contribution >= 4 is 0 Å². The Morgan fingerprint density at radius 3 is 2.10 bits per heavy atom. The first-order chi connectivity index (χ1) is 4.50. The molecular formula is C7H18NO2+. The largest absolute Gasteiger partial charge is 0.182 e. The molecule has 10 heavy (non-hydrogen) atoms. The maximum Gasteiger partial charge on any atom is 0.146 e. The summed E-state index contributed by atoms with van der Waals surface area (Å²) >= 11 is 0. The maximum atomic E-state index is 9.22. The summed E-state index contributed by atoms with van der Waals surface area (Å²) in [5, 5.41) is 18.4. The molecule has 0 aromatic rings. The van der Waals surface area contributed by atoms with Crippen molar-refractivity contribution in [1.82, 2.24) is 0 Å². The lowest BCUT2D eigenvalue weighted by atomic mass is 10.3.